The topological polar surface area (TPSA) is 112 Å². The number of likely N-dealkylation sites (tertiary alicyclic amines) is 1. The van der Waals surface area contributed by atoms with Crippen LogP contribution in [0, 0.1) is 19.8 Å². The highest BCUT2D eigenvalue weighted by Gasteiger charge is 2.31. The zero-order valence-corrected chi connectivity index (χ0v) is 16.2. The Morgan fingerprint density at radius 2 is 2.11 bits per heavy atom. The van der Waals surface area contributed by atoms with Crippen LogP contribution in [0.2, 0.25) is 0 Å². The molecule has 1 unspecified atom stereocenters. The Bertz CT molecular complexity index is 852. The summed E-state index contributed by atoms with van der Waals surface area (Å²) >= 11 is 0. The van der Waals surface area contributed by atoms with Crippen molar-refractivity contribution in [1.82, 2.24) is 20.0 Å². The fraction of sp³-hybridized carbons (Fsp3) is 0.579. The van der Waals surface area contributed by atoms with Gasteiger partial charge in [-0.3, -0.25) is 4.79 Å². The zero-order chi connectivity index (χ0) is 19.7. The standard InChI is InChI=1S/C19H26N4O4/c1-10(2)8-14-21-17(27-22-14)13-6-5-7-23(9-13)18(24)15-11(3)16(19(25)26)20-12(15)4/h10,13,20H,5-9H2,1-4H3,(H,25,26). The van der Waals surface area contributed by atoms with E-state index in [1.165, 1.54) is 0 Å². The molecular formula is C19H26N4O4. The van der Waals surface area contributed by atoms with Crippen molar-refractivity contribution in [3.05, 3.63) is 34.2 Å². The first-order valence-corrected chi connectivity index (χ1v) is 9.32. The molecule has 0 bridgehead atoms. The number of carboxylic acids is 1. The molecule has 0 aliphatic carbocycles. The van der Waals surface area contributed by atoms with Crippen molar-refractivity contribution in [2.24, 2.45) is 5.92 Å². The van der Waals surface area contributed by atoms with Crippen molar-refractivity contribution in [2.45, 2.75) is 52.9 Å². The van der Waals surface area contributed by atoms with E-state index in [1.807, 2.05) is 0 Å². The first kappa shape index (κ1) is 19.1. The molecule has 3 heterocycles. The minimum Gasteiger partial charge on any atom is -0.477 e. The predicted molar refractivity (Wildman–Crippen MR) is 97.9 cm³/mol. The first-order valence-electron chi connectivity index (χ1n) is 9.32. The van der Waals surface area contributed by atoms with Gasteiger partial charge in [-0.25, -0.2) is 4.79 Å². The van der Waals surface area contributed by atoms with E-state index in [-0.39, 0.29) is 17.5 Å². The molecule has 0 spiro atoms. The number of nitrogens with zero attached hydrogens (tertiary/aromatic N) is 3. The lowest BCUT2D eigenvalue weighted by molar-refractivity contribution is 0.0688. The van der Waals surface area contributed by atoms with Crippen LogP contribution in [-0.4, -0.2) is 50.1 Å². The molecule has 27 heavy (non-hydrogen) atoms. The number of hydrogen-bond donors (Lipinski definition) is 2. The average molecular weight is 374 g/mol. The highest BCUT2D eigenvalue weighted by atomic mass is 16.5. The van der Waals surface area contributed by atoms with Crippen LogP contribution in [0.3, 0.4) is 0 Å². The molecule has 3 rings (SSSR count). The maximum Gasteiger partial charge on any atom is 0.352 e. The van der Waals surface area contributed by atoms with E-state index in [0.29, 0.717) is 47.5 Å². The minimum atomic E-state index is -1.06. The molecular weight excluding hydrogens is 348 g/mol. The second-order valence-corrected chi connectivity index (χ2v) is 7.67. The summed E-state index contributed by atoms with van der Waals surface area (Å²) in [7, 11) is 0. The number of carbonyl (C=O) groups is 2. The van der Waals surface area contributed by atoms with E-state index in [1.54, 1.807) is 18.7 Å². The fourth-order valence-electron chi connectivity index (χ4n) is 3.69. The van der Waals surface area contributed by atoms with Crippen LogP contribution >= 0.6 is 0 Å². The number of aromatic nitrogens is 3. The van der Waals surface area contributed by atoms with E-state index in [2.05, 4.69) is 29.0 Å². The summed E-state index contributed by atoms with van der Waals surface area (Å²) in [4.78, 5) is 33.4. The number of carboxylic acid groups (broad SMARTS) is 1. The van der Waals surface area contributed by atoms with Crippen LogP contribution in [0.5, 0.6) is 0 Å². The number of aromatic carboxylic acids is 1. The Kier molecular flexibility index (Phi) is 5.34. The summed E-state index contributed by atoms with van der Waals surface area (Å²) in [6.45, 7) is 8.72. The highest BCUT2D eigenvalue weighted by molar-refractivity contribution is 6.00. The Hall–Kier alpha value is -2.64. The normalized spacial score (nSPS) is 17.5. The number of piperidine rings is 1. The maximum atomic E-state index is 13.1. The molecule has 146 valence electrons. The largest absolute Gasteiger partial charge is 0.477 e. The summed E-state index contributed by atoms with van der Waals surface area (Å²) in [5.41, 5.74) is 1.57. The number of H-pyrrole nitrogens is 1. The number of aryl methyl sites for hydroxylation is 1. The van der Waals surface area contributed by atoms with Gasteiger partial charge in [0.1, 0.15) is 5.69 Å². The van der Waals surface area contributed by atoms with Gasteiger partial charge in [-0.05, 0) is 38.2 Å². The zero-order valence-electron chi connectivity index (χ0n) is 16.2. The van der Waals surface area contributed by atoms with Gasteiger partial charge < -0.3 is 19.5 Å². The monoisotopic (exact) mass is 374 g/mol. The molecule has 8 heteroatoms. The van der Waals surface area contributed by atoms with Crippen LogP contribution in [0.15, 0.2) is 4.52 Å². The third kappa shape index (κ3) is 3.89. The predicted octanol–water partition coefficient (Wildman–Crippen LogP) is 2.93. The molecule has 2 N–H and O–H groups in total. The van der Waals surface area contributed by atoms with Gasteiger partial charge in [-0.15, -0.1) is 0 Å². The highest BCUT2D eigenvalue weighted by Crippen LogP contribution is 2.28. The SMILES string of the molecule is Cc1[nH]c(C(=O)O)c(C)c1C(=O)N1CCCC(c2nc(CC(C)C)no2)C1. The van der Waals surface area contributed by atoms with Crippen molar-refractivity contribution in [1.29, 1.82) is 0 Å². The van der Waals surface area contributed by atoms with E-state index in [0.717, 1.165) is 19.3 Å². The fourth-order valence-corrected chi connectivity index (χ4v) is 3.69. The molecule has 1 amide bonds. The van der Waals surface area contributed by atoms with Crippen LogP contribution in [0.1, 0.15) is 76.4 Å². The number of amides is 1. The molecule has 8 nitrogen and oxygen atoms in total. The van der Waals surface area contributed by atoms with Crippen molar-refractivity contribution < 1.29 is 19.2 Å². The molecule has 2 aromatic rings. The van der Waals surface area contributed by atoms with Gasteiger partial charge >= 0.3 is 5.97 Å². The number of carbonyl (C=O) groups excluding carboxylic acids is 1. The Morgan fingerprint density at radius 3 is 2.74 bits per heavy atom. The summed E-state index contributed by atoms with van der Waals surface area (Å²) in [6.07, 6.45) is 2.49. The lowest BCUT2D eigenvalue weighted by Gasteiger charge is -2.31. The number of nitrogens with one attached hydrogen (secondary N) is 1. The van der Waals surface area contributed by atoms with Gasteiger partial charge in [-0.2, -0.15) is 4.98 Å². The lowest BCUT2D eigenvalue weighted by atomic mass is 9.96. The Morgan fingerprint density at radius 1 is 1.37 bits per heavy atom. The number of aromatic amines is 1. The smallest absolute Gasteiger partial charge is 0.352 e. The van der Waals surface area contributed by atoms with E-state index in [4.69, 9.17) is 4.52 Å². The molecule has 0 aromatic carbocycles. The van der Waals surface area contributed by atoms with E-state index in [9.17, 15) is 14.7 Å². The summed E-state index contributed by atoms with van der Waals surface area (Å²) in [5, 5.41) is 13.3. The third-order valence-electron chi connectivity index (χ3n) is 5.00. The molecule has 0 radical (unpaired) electrons. The Balaban J connectivity index is 1.77. The van der Waals surface area contributed by atoms with Crippen molar-refractivity contribution in [3.8, 4) is 0 Å². The molecule has 1 saturated heterocycles. The summed E-state index contributed by atoms with van der Waals surface area (Å²) < 4.78 is 5.44. The average Bonchev–Trinajstić information content (AvgIpc) is 3.18. The quantitative estimate of drug-likeness (QED) is 0.832. The van der Waals surface area contributed by atoms with E-state index >= 15 is 0 Å². The molecule has 1 atom stereocenters. The van der Waals surface area contributed by atoms with Gasteiger partial charge in [0, 0.05) is 25.2 Å². The second kappa shape index (κ2) is 7.54. The van der Waals surface area contributed by atoms with Gasteiger partial charge in [-0.1, -0.05) is 19.0 Å². The van der Waals surface area contributed by atoms with Crippen LogP contribution < -0.4 is 0 Å². The van der Waals surface area contributed by atoms with Crippen LogP contribution in [0.4, 0.5) is 0 Å². The minimum absolute atomic E-state index is 0.00890. The lowest BCUT2D eigenvalue weighted by Crippen LogP contribution is -2.39. The van der Waals surface area contributed by atoms with Gasteiger partial charge in [0.25, 0.3) is 5.91 Å². The van der Waals surface area contributed by atoms with Gasteiger partial charge in [0.05, 0.1) is 11.5 Å². The molecule has 1 fully saturated rings. The number of rotatable bonds is 5. The molecule has 0 saturated carbocycles. The third-order valence-corrected chi connectivity index (χ3v) is 5.00. The first-order chi connectivity index (χ1) is 12.8. The van der Waals surface area contributed by atoms with Gasteiger partial charge in [0.15, 0.2) is 5.82 Å². The Labute approximate surface area is 157 Å². The molecule has 1 aliphatic heterocycles. The van der Waals surface area contributed by atoms with Crippen molar-refractivity contribution in [3.63, 3.8) is 0 Å². The van der Waals surface area contributed by atoms with E-state index < -0.39 is 5.97 Å². The van der Waals surface area contributed by atoms with Crippen LogP contribution in [-0.2, 0) is 6.42 Å². The second-order valence-electron chi connectivity index (χ2n) is 7.67. The maximum absolute atomic E-state index is 13.1. The van der Waals surface area contributed by atoms with Crippen molar-refractivity contribution >= 4 is 11.9 Å². The van der Waals surface area contributed by atoms with Crippen LogP contribution in [0.25, 0.3) is 0 Å². The summed E-state index contributed by atoms with van der Waals surface area (Å²) in [6, 6.07) is 0. The van der Waals surface area contributed by atoms with Gasteiger partial charge in [0.2, 0.25) is 5.89 Å². The number of hydrogen-bond acceptors (Lipinski definition) is 5. The van der Waals surface area contributed by atoms with Crippen molar-refractivity contribution in [2.75, 3.05) is 13.1 Å². The molecule has 2 aromatic heterocycles. The summed E-state index contributed by atoms with van der Waals surface area (Å²) in [5.74, 6) is 0.524. The molecule has 1 aliphatic rings.